The van der Waals surface area contributed by atoms with Gasteiger partial charge in [-0.25, -0.2) is 0 Å². The highest BCUT2D eigenvalue weighted by molar-refractivity contribution is 5.94. The largest absolute Gasteiger partial charge is 0.550 e. The van der Waals surface area contributed by atoms with Gasteiger partial charge in [-0.05, 0) is 19.4 Å². The van der Waals surface area contributed by atoms with E-state index in [1.54, 1.807) is 6.07 Å². The number of aliphatic carboxylic acids is 1. The van der Waals surface area contributed by atoms with Gasteiger partial charge in [-0.2, -0.15) is 0 Å². The molecule has 17 heavy (non-hydrogen) atoms. The van der Waals surface area contributed by atoms with Crippen LogP contribution in [0.4, 0.5) is 0 Å². The molecule has 0 N–H and O–H groups in total. The summed E-state index contributed by atoms with van der Waals surface area (Å²) >= 11 is 0. The van der Waals surface area contributed by atoms with E-state index in [0.717, 1.165) is 6.42 Å². The van der Waals surface area contributed by atoms with Gasteiger partial charge in [0.2, 0.25) is 0 Å². The topological polar surface area (TPSA) is 73.6 Å². The number of nitrogens with zero attached hydrogens (tertiary/aromatic N) is 1. The molecule has 0 spiro atoms. The molecule has 0 fully saturated rings. The molecule has 1 heterocycles. The average molecular weight is 238 g/mol. The SMILES string of the molecule is CC[C@@H](C)N(CCC(=O)[O-])C(=O)c1ccoc1. The van der Waals surface area contributed by atoms with Gasteiger partial charge in [-0.1, -0.05) is 6.92 Å². The van der Waals surface area contributed by atoms with Crippen molar-refractivity contribution in [2.75, 3.05) is 6.54 Å². The van der Waals surface area contributed by atoms with Gasteiger partial charge in [-0.15, -0.1) is 0 Å². The summed E-state index contributed by atoms with van der Waals surface area (Å²) in [6.45, 7) is 3.98. The summed E-state index contributed by atoms with van der Waals surface area (Å²) in [5, 5.41) is 10.5. The molecule has 1 atom stereocenters. The van der Waals surface area contributed by atoms with Crippen LogP contribution in [-0.2, 0) is 4.79 Å². The van der Waals surface area contributed by atoms with Crippen molar-refractivity contribution in [3.05, 3.63) is 24.2 Å². The Balaban J connectivity index is 2.75. The maximum atomic E-state index is 12.1. The predicted octanol–water partition coefficient (Wildman–Crippen LogP) is 0.660. The third kappa shape index (κ3) is 3.62. The lowest BCUT2D eigenvalue weighted by Gasteiger charge is -2.28. The summed E-state index contributed by atoms with van der Waals surface area (Å²) in [4.78, 5) is 24.1. The molecule has 5 nitrogen and oxygen atoms in total. The Kier molecular flexibility index (Phi) is 4.75. The summed E-state index contributed by atoms with van der Waals surface area (Å²) < 4.78 is 4.85. The average Bonchev–Trinajstić information content (AvgIpc) is 2.81. The van der Waals surface area contributed by atoms with Crippen LogP contribution in [0.5, 0.6) is 0 Å². The molecule has 1 aromatic rings. The van der Waals surface area contributed by atoms with Crippen LogP contribution in [0, 0.1) is 0 Å². The fourth-order valence-corrected chi connectivity index (χ4v) is 1.51. The second-order valence-electron chi connectivity index (χ2n) is 3.89. The molecule has 0 aliphatic heterocycles. The van der Waals surface area contributed by atoms with E-state index in [1.807, 2.05) is 13.8 Å². The number of rotatable bonds is 6. The van der Waals surface area contributed by atoms with E-state index < -0.39 is 5.97 Å². The molecule has 1 aromatic heterocycles. The fourth-order valence-electron chi connectivity index (χ4n) is 1.51. The molecular weight excluding hydrogens is 222 g/mol. The Morgan fingerprint density at radius 1 is 1.53 bits per heavy atom. The Morgan fingerprint density at radius 3 is 2.71 bits per heavy atom. The summed E-state index contributed by atoms with van der Waals surface area (Å²) in [6.07, 6.45) is 3.38. The van der Waals surface area contributed by atoms with Gasteiger partial charge in [0.15, 0.2) is 0 Å². The lowest BCUT2D eigenvalue weighted by molar-refractivity contribution is -0.305. The number of carboxylic acids is 1. The minimum Gasteiger partial charge on any atom is -0.550 e. The van der Waals surface area contributed by atoms with E-state index >= 15 is 0 Å². The van der Waals surface area contributed by atoms with Gasteiger partial charge in [0, 0.05) is 25.0 Å². The molecule has 0 aliphatic rings. The number of hydrogen-bond acceptors (Lipinski definition) is 4. The van der Waals surface area contributed by atoms with Gasteiger partial charge in [0.05, 0.1) is 11.8 Å². The minimum absolute atomic E-state index is 0.0169. The number of furan rings is 1. The van der Waals surface area contributed by atoms with Crippen molar-refractivity contribution in [3.8, 4) is 0 Å². The Morgan fingerprint density at radius 2 is 2.24 bits per heavy atom. The summed E-state index contributed by atoms with van der Waals surface area (Å²) in [5.41, 5.74) is 0.434. The van der Waals surface area contributed by atoms with Crippen LogP contribution in [0.3, 0.4) is 0 Å². The first-order valence-corrected chi connectivity index (χ1v) is 5.59. The van der Waals surface area contributed by atoms with E-state index in [4.69, 9.17) is 4.42 Å². The van der Waals surface area contributed by atoms with Gasteiger partial charge in [0.1, 0.15) is 6.26 Å². The molecule has 0 bridgehead atoms. The van der Waals surface area contributed by atoms with Gasteiger partial charge >= 0.3 is 0 Å². The van der Waals surface area contributed by atoms with E-state index in [0.29, 0.717) is 5.56 Å². The molecule has 0 unspecified atom stereocenters. The van der Waals surface area contributed by atoms with Crippen molar-refractivity contribution in [3.63, 3.8) is 0 Å². The number of carboxylic acid groups (broad SMARTS) is 1. The smallest absolute Gasteiger partial charge is 0.257 e. The molecule has 0 aromatic carbocycles. The molecule has 5 heteroatoms. The number of hydrogen-bond donors (Lipinski definition) is 0. The van der Waals surface area contributed by atoms with Crippen LogP contribution in [0.25, 0.3) is 0 Å². The summed E-state index contributed by atoms with van der Waals surface area (Å²) in [7, 11) is 0. The van der Waals surface area contributed by atoms with Crippen LogP contribution in [0.1, 0.15) is 37.0 Å². The van der Waals surface area contributed by atoms with E-state index in [-0.39, 0.29) is 24.9 Å². The van der Waals surface area contributed by atoms with Crippen LogP contribution >= 0.6 is 0 Å². The molecule has 1 amide bonds. The van der Waals surface area contributed by atoms with Crippen molar-refractivity contribution in [1.29, 1.82) is 0 Å². The Bertz CT molecular complexity index is 372. The van der Waals surface area contributed by atoms with Crippen LogP contribution in [0.15, 0.2) is 23.0 Å². The van der Waals surface area contributed by atoms with Crippen LogP contribution < -0.4 is 5.11 Å². The third-order valence-corrected chi connectivity index (χ3v) is 2.71. The van der Waals surface area contributed by atoms with Crippen molar-refractivity contribution in [2.45, 2.75) is 32.7 Å². The lowest BCUT2D eigenvalue weighted by atomic mass is 10.1. The number of carbonyl (C=O) groups is 2. The minimum atomic E-state index is -1.15. The number of carbonyl (C=O) groups excluding carboxylic acids is 2. The predicted molar refractivity (Wildman–Crippen MR) is 59.1 cm³/mol. The Labute approximate surface area is 100 Å². The second kappa shape index (κ2) is 6.08. The molecule has 0 saturated heterocycles. The fraction of sp³-hybridized carbons (Fsp3) is 0.500. The first-order valence-electron chi connectivity index (χ1n) is 5.59. The van der Waals surface area contributed by atoms with Crippen LogP contribution in [0.2, 0.25) is 0 Å². The molecular formula is C12H16NO4-. The first-order chi connectivity index (χ1) is 8.06. The highest BCUT2D eigenvalue weighted by Crippen LogP contribution is 2.11. The summed E-state index contributed by atoms with van der Waals surface area (Å²) in [5.74, 6) is -1.37. The lowest BCUT2D eigenvalue weighted by Crippen LogP contribution is -2.41. The highest BCUT2D eigenvalue weighted by Gasteiger charge is 2.20. The molecule has 0 saturated carbocycles. The van der Waals surface area contributed by atoms with Crippen molar-refractivity contribution in [2.24, 2.45) is 0 Å². The Hall–Kier alpha value is -1.78. The van der Waals surface area contributed by atoms with Crippen molar-refractivity contribution < 1.29 is 19.1 Å². The first kappa shape index (κ1) is 13.3. The van der Waals surface area contributed by atoms with E-state index in [1.165, 1.54) is 17.4 Å². The van der Waals surface area contributed by atoms with E-state index in [9.17, 15) is 14.7 Å². The quantitative estimate of drug-likeness (QED) is 0.729. The summed E-state index contributed by atoms with van der Waals surface area (Å²) in [6, 6.07) is 1.55. The standard InChI is InChI=1S/C12H17NO4/c1-3-9(2)13(6-4-11(14)15)12(16)10-5-7-17-8-10/h5,7-9H,3-4,6H2,1-2H3,(H,14,15)/p-1/t9-/m1/s1. The molecule has 1 rings (SSSR count). The van der Waals surface area contributed by atoms with Gasteiger partial charge in [0.25, 0.3) is 5.91 Å². The van der Waals surface area contributed by atoms with E-state index in [2.05, 4.69) is 0 Å². The van der Waals surface area contributed by atoms with Gasteiger partial charge in [-0.3, -0.25) is 4.79 Å². The maximum Gasteiger partial charge on any atom is 0.257 e. The van der Waals surface area contributed by atoms with Crippen molar-refractivity contribution >= 4 is 11.9 Å². The van der Waals surface area contributed by atoms with Crippen LogP contribution in [-0.4, -0.2) is 29.4 Å². The molecule has 94 valence electrons. The molecule has 0 aliphatic carbocycles. The normalized spacial score (nSPS) is 12.1. The zero-order chi connectivity index (χ0) is 12.8. The second-order valence-corrected chi connectivity index (χ2v) is 3.89. The molecule has 0 radical (unpaired) electrons. The zero-order valence-corrected chi connectivity index (χ0v) is 10.0. The third-order valence-electron chi connectivity index (χ3n) is 2.71. The maximum absolute atomic E-state index is 12.1. The monoisotopic (exact) mass is 238 g/mol. The van der Waals surface area contributed by atoms with Crippen molar-refractivity contribution in [1.82, 2.24) is 4.90 Å². The zero-order valence-electron chi connectivity index (χ0n) is 10.0. The van der Waals surface area contributed by atoms with Gasteiger partial charge < -0.3 is 19.2 Å². The highest BCUT2D eigenvalue weighted by atomic mass is 16.4. The number of amides is 1.